The Hall–Kier alpha value is -1.14. The second-order valence-corrected chi connectivity index (χ2v) is 5.46. The van der Waals surface area contributed by atoms with E-state index >= 15 is 0 Å². The van der Waals surface area contributed by atoms with Crippen LogP contribution in [-0.4, -0.2) is 67.4 Å². The maximum atomic E-state index is 12.4. The Morgan fingerprint density at radius 1 is 1.16 bits per heavy atom. The number of rotatable bonds is 3. The molecule has 19 heavy (non-hydrogen) atoms. The number of nitrogens with one attached hydrogen (secondary N) is 1. The van der Waals surface area contributed by atoms with Crippen LogP contribution in [0.25, 0.3) is 0 Å². The fourth-order valence-corrected chi connectivity index (χ4v) is 2.89. The lowest BCUT2D eigenvalue weighted by molar-refractivity contribution is -0.135. The molecule has 2 fully saturated rings. The van der Waals surface area contributed by atoms with Gasteiger partial charge in [0.05, 0.1) is 12.5 Å². The number of hydrogen-bond acceptors (Lipinski definition) is 4. The third-order valence-electron chi connectivity index (χ3n) is 3.93. The van der Waals surface area contributed by atoms with Gasteiger partial charge in [0.15, 0.2) is 0 Å². The van der Waals surface area contributed by atoms with E-state index < -0.39 is 0 Å². The molecule has 2 aliphatic heterocycles. The van der Waals surface area contributed by atoms with Crippen LogP contribution in [0, 0.1) is 5.92 Å². The maximum Gasteiger partial charge on any atom is 0.231 e. The number of hydrogen-bond donors (Lipinski definition) is 2. The van der Waals surface area contributed by atoms with E-state index in [1.807, 2.05) is 9.80 Å². The van der Waals surface area contributed by atoms with Crippen molar-refractivity contribution in [2.75, 3.05) is 45.8 Å². The van der Waals surface area contributed by atoms with Crippen LogP contribution >= 0.6 is 0 Å². The molecule has 0 aromatic carbocycles. The highest BCUT2D eigenvalue weighted by atomic mass is 16.2. The monoisotopic (exact) mass is 268 g/mol. The Morgan fingerprint density at radius 3 is 2.68 bits per heavy atom. The van der Waals surface area contributed by atoms with Crippen molar-refractivity contribution in [3.8, 4) is 0 Å². The summed E-state index contributed by atoms with van der Waals surface area (Å²) in [5, 5.41) is 3.29. The third-order valence-corrected chi connectivity index (χ3v) is 3.93. The first-order valence-corrected chi connectivity index (χ1v) is 7.17. The smallest absolute Gasteiger partial charge is 0.231 e. The molecule has 0 aliphatic carbocycles. The number of primary amides is 1. The van der Waals surface area contributed by atoms with Crippen molar-refractivity contribution in [2.45, 2.75) is 19.3 Å². The van der Waals surface area contributed by atoms with E-state index in [-0.39, 0.29) is 17.7 Å². The largest absolute Gasteiger partial charge is 0.369 e. The topological polar surface area (TPSA) is 78.7 Å². The molecule has 0 unspecified atom stereocenters. The Morgan fingerprint density at radius 2 is 2.00 bits per heavy atom. The summed E-state index contributed by atoms with van der Waals surface area (Å²) in [6.45, 7) is 5.22. The average Bonchev–Trinajstić information content (AvgIpc) is 2.64. The number of carbonyl (C=O) groups is 2. The van der Waals surface area contributed by atoms with E-state index in [1.165, 1.54) is 0 Å². The molecule has 2 aliphatic rings. The van der Waals surface area contributed by atoms with Crippen molar-refractivity contribution in [2.24, 2.45) is 11.7 Å². The first-order valence-electron chi connectivity index (χ1n) is 7.17. The summed E-state index contributed by atoms with van der Waals surface area (Å²) in [7, 11) is 0. The minimum Gasteiger partial charge on any atom is -0.369 e. The highest BCUT2D eigenvalue weighted by Gasteiger charge is 2.27. The van der Waals surface area contributed by atoms with E-state index in [2.05, 4.69) is 5.32 Å². The molecule has 6 nitrogen and oxygen atoms in total. The standard InChI is InChI=1S/C13H24N4O2/c14-12(18)10-16-5-2-6-17(8-7-16)13(19)11-3-1-4-15-9-11/h11,15H,1-10H2,(H2,14,18)/t11-/m1/s1. The van der Waals surface area contributed by atoms with Gasteiger partial charge in [-0.15, -0.1) is 0 Å². The zero-order chi connectivity index (χ0) is 13.7. The molecule has 0 aromatic heterocycles. The quantitative estimate of drug-likeness (QED) is 0.688. The maximum absolute atomic E-state index is 12.4. The molecule has 0 radical (unpaired) electrons. The number of nitrogens with two attached hydrogens (primary N) is 1. The highest BCUT2D eigenvalue weighted by molar-refractivity contribution is 5.79. The number of carbonyl (C=O) groups excluding carboxylic acids is 2. The molecule has 3 N–H and O–H groups in total. The molecule has 2 amide bonds. The van der Waals surface area contributed by atoms with Gasteiger partial charge in [-0.1, -0.05) is 0 Å². The van der Waals surface area contributed by atoms with E-state index in [0.717, 1.165) is 52.0 Å². The summed E-state index contributed by atoms with van der Waals surface area (Å²) in [4.78, 5) is 27.3. The number of piperidine rings is 1. The molecule has 2 rings (SSSR count). The van der Waals surface area contributed by atoms with Crippen molar-refractivity contribution in [1.29, 1.82) is 0 Å². The first kappa shape index (κ1) is 14.3. The summed E-state index contributed by atoms with van der Waals surface area (Å²) >= 11 is 0. The molecule has 108 valence electrons. The van der Waals surface area contributed by atoms with Crippen LogP contribution in [0.1, 0.15) is 19.3 Å². The average molecular weight is 268 g/mol. The van der Waals surface area contributed by atoms with Crippen molar-refractivity contribution in [3.05, 3.63) is 0 Å². The van der Waals surface area contributed by atoms with Gasteiger partial charge in [0.2, 0.25) is 11.8 Å². The van der Waals surface area contributed by atoms with E-state index in [9.17, 15) is 9.59 Å². The van der Waals surface area contributed by atoms with Crippen molar-refractivity contribution in [3.63, 3.8) is 0 Å². The molecule has 0 aromatic rings. The molecule has 0 spiro atoms. The van der Waals surface area contributed by atoms with Crippen LogP contribution in [0.5, 0.6) is 0 Å². The summed E-state index contributed by atoms with van der Waals surface area (Å²) in [5.74, 6) is 0.112. The number of amides is 2. The molecule has 2 saturated heterocycles. The molecule has 1 atom stereocenters. The van der Waals surface area contributed by atoms with Gasteiger partial charge in [-0.05, 0) is 25.8 Å². The molecule has 0 saturated carbocycles. The molecule has 6 heteroatoms. The second-order valence-electron chi connectivity index (χ2n) is 5.46. The van der Waals surface area contributed by atoms with Gasteiger partial charge in [-0.2, -0.15) is 0 Å². The predicted octanol–water partition coefficient (Wildman–Crippen LogP) is -0.994. The van der Waals surface area contributed by atoms with Crippen LogP contribution in [0.15, 0.2) is 0 Å². The van der Waals surface area contributed by atoms with Gasteiger partial charge in [0.25, 0.3) is 0 Å². The molecular formula is C13H24N4O2. The van der Waals surface area contributed by atoms with Crippen LogP contribution < -0.4 is 11.1 Å². The summed E-state index contributed by atoms with van der Waals surface area (Å²) in [5.41, 5.74) is 5.22. The van der Waals surface area contributed by atoms with Crippen molar-refractivity contribution in [1.82, 2.24) is 15.1 Å². The van der Waals surface area contributed by atoms with Crippen LogP contribution in [0.2, 0.25) is 0 Å². The molecule has 0 bridgehead atoms. The fourth-order valence-electron chi connectivity index (χ4n) is 2.89. The van der Waals surface area contributed by atoms with Gasteiger partial charge in [0, 0.05) is 32.7 Å². The Balaban J connectivity index is 1.84. The van der Waals surface area contributed by atoms with Gasteiger partial charge >= 0.3 is 0 Å². The van der Waals surface area contributed by atoms with Crippen molar-refractivity contribution >= 4 is 11.8 Å². The van der Waals surface area contributed by atoms with Gasteiger partial charge in [-0.3, -0.25) is 14.5 Å². The Bertz CT molecular complexity index is 329. The number of nitrogens with zero attached hydrogens (tertiary/aromatic N) is 2. The Kier molecular flexibility index (Phi) is 5.15. The third kappa shape index (κ3) is 4.18. The zero-order valence-electron chi connectivity index (χ0n) is 11.4. The predicted molar refractivity (Wildman–Crippen MR) is 72.4 cm³/mol. The summed E-state index contributed by atoms with van der Waals surface area (Å²) in [6, 6.07) is 0. The fraction of sp³-hybridized carbons (Fsp3) is 0.846. The van der Waals surface area contributed by atoms with Crippen LogP contribution in [0.4, 0.5) is 0 Å². The van der Waals surface area contributed by atoms with E-state index in [4.69, 9.17) is 5.73 Å². The second kappa shape index (κ2) is 6.86. The van der Waals surface area contributed by atoms with Crippen LogP contribution in [-0.2, 0) is 9.59 Å². The minimum atomic E-state index is -0.295. The lowest BCUT2D eigenvalue weighted by Gasteiger charge is -2.28. The Labute approximate surface area is 114 Å². The van der Waals surface area contributed by atoms with Crippen LogP contribution in [0.3, 0.4) is 0 Å². The van der Waals surface area contributed by atoms with E-state index in [1.54, 1.807) is 0 Å². The summed E-state index contributed by atoms with van der Waals surface area (Å²) < 4.78 is 0. The molecule has 2 heterocycles. The molecular weight excluding hydrogens is 244 g/mol. The minimum absolute atomic E-state index is 0.136. The van der Waals surface area contributed by atoms with Gasteiger partial charge in [0.1, 0.15) is 0 Å². The first-order chi connectivity index (χ1) is 9.16. The SMILES string of the molecule is NC(=O)CN1CCCN(C(=O)[C@@H]2CCCNC2)CC1. The summed E-state index contributed by atoms with van der Waals surface area (Å²) in [6.07, 6.45) is 2.99. The van der Waals surface area contributed by atoms with E-state index in [0.29, 0.717) is 13.1 Å². The van der Waals surface area contributed by atoms with Gasteiger partial charge < -0.3 is 16.0 Å². The normalized spacial score (nSPS) is 25.9. The van der Waals surface area contributed by atoms with Gasteiger partial charge in [-0.25, -0.2) is 0 Å². The zero-order valence-corrected chi connectivity index (χ0v) is 11.4. The van der Waals surface area contributed by atoms with Crippen molar-refractivity contribution < 1.29 is 9.59 Å². The highest BCUT2D eigenvalue weighted by Crippen LogP contribution is 2.15. The lowest BCUT2D eigenvalue weighted by Crippen LogP contribution is -2.44. The lowest BCUT2D eigenvalue weighted by atomic mass is 9.98.